The number of rotatable bonds is 4. The van der Waals surface area contributed by atoms with E-state index in [1.165, 1.54) is 42.4 Å². The summed E-state index contributed by atoms with van der Waals surface area (Å²) in [6, 6.07) is 49.8. The lowest BCUT2D eigenvalue weighted by Gasteiger charge is -2.26. The van der Waals surface area contributed by atoms with Crippen LogP contribution in [0, 0.1) is 0 Å². The Morgan fingerprint density at radius 2 is 1.10 bits per heavy atom. The van der Waals surface area contributed by atoms with Crippen LogP contribution < -0.4 is 10.2 Å². The zero-order chi connectivity index (χ0) is 32.8. The van der Waals surface area contributed by atoms with Gasteiger partial charge in [-0.1, -0.05) is 60.7 Å². The number of hydrogen-bond donors (Lipinski definition) is 1. The first-order valence-electron chi connectivity index (χ1n) is 16.9. The Kier molecular flexibility index (Phi) is 5.86. The van der Waals surface area contributed by atoms with Crippen LogP contribution in [0.2, 0.25) is 0 Å². The summed E-state index contributed by atoms with van der Waals surface area (Å²) in [5.74, 6) is 0. The van der Waals surface area contributed by atoms with Gasteiger partial charge in [-0.15, -0.1) is 11.3 Å². The van der Waals surface area contributed by atoms with Crippen molar-refractivity contribution in [3.8, 4) is 11.1 Å². The number of hydrogen-bond acceptors (Lipinski definition) is 5. The van der Waals surface area contributed by atoms with Crippen molar-refractivity contribution in [1.29, 1.82) is 0 Å². The second kappa shape index (κ2) is 10.6. The maximum absolute atomic E-state index is 6.20. The number of nitrogens with one attached hydrogen (secondary N) is 1. The highest BCUT2D eigenvalue weighted by molar-refractivity contribution is 7.25. The Morgan fingerprint density at radius 3 is 1.80 bits per heavy atom. The molecule has 4 nitrogen and oxygen atoms in total. The standard InChI is InChI=1S/C45H28N2O2S/c1-3-7-39-34(5-1)36-24-31(15-17-41(36)48-39)47(32-16-18-42-37(25-32)35-6-2-4-8-40(35)49-42)30-13-9-27(10-14-30)28-11-19-43-38(23-28)45-33-21-22-46-26-29(33)12-20-44(45)50-43/h1-25,46H,26H2. The van der Waals surface area contributed by atoms with Crippen LogP contribution in [0.15, 0.2) is 155 Å². The number of fused-ring (bicyclic) bond motifs is 11. The van der Waals surface area contributed by atoms with Gasteiger partial charge in [-0.05, 0) is 113 Å². The average Bonchev–Trinajstić information content (AvgIpc) is 3.86. The lowest BCUT2D eigenvalue weighted by molar-refractivity contribution is 0.668. The SMILES string of the molecule is C1=Cc2c(ccc3sc4ccc(-c5ccc(N(c6ccc7oc8ccccc8c7c6)c6ccc7oc8ccccc8c7c6)cc5)cc4c23)CN1. The third-order valence-corrected chi connectivity index (χ3v) is 11.3. The molecule has 0 aliphatic carbocycles. The van der Waals surface area contributed by atoms with Gasteiger partial charge in [-0.2, -0.15) is 0 Å². The van der Waals surface area contributed by atoms with Crippen LogP contribution in [-0.4, -0.2) is 0 Å². The largest absolute Gasteiger partial charge is 0.456 e. The molecule has 0 fully saturated rings. The minimum Gasteiger partial charge on any atom is -0.456 e. The maximum Gasteiger partial charge on any atom is 0.135 e. The smallest absolute Gasteiger partial charge is 0.135 e. The molecule has 0 unspecified atom stereocenters. The second-order valence-corrected chi connectivity index (χ2v) is 14.1. The highest BCUT2D eigenvalue weighted by Crippen LogP contribution is 2.43. The van der Waals surface area contributed by atoms with Gasteiger partial charge in [0.05, 0.1) is 0 Å². The summed E-state index contributed by atoms with van der Waals surface area (Å²) in [4.78, 5) is 2.33. The average molecular weight is 661 g/mol. The molecule has 5 heteroatoms. The highest BCUT2D eigenvalue weighted by Gasteiger charge is 2.19. The van der Waals surface area contributed by atoms with E-state index in [2.05, 4.69) is 138 Å². The number of anilines is 3. The Bertz CT molecular complexity index is 2880. The van der Waals surface area contributed by atoms with Crippen molar-refractivity contribution in [2.24, 2.45) is 0 Å². The van der Waals surface area contributed by atoms with Gasteiger partial charge in [0.1, 0.15) is 22.3 Å². The molecule has 11 rings (SSSR count). The quantitative estimate of drug-likeness (QED) is 0.204. The minimum atomic E-state index is 0.865. The van der Waals surface area contributed by atoms with E-state index < -0.39 is 0 Å². The van der Waals surface area contributed by atoms with Crippen LogP contribution in [0.3, 0.4) is 0 Å². The second-order valence-electron chi connectivity index (χ2n) is 13.0. The summed E-state index contributed by atoms with van der Waals surface area (Å²) in [6.07, 6.45) is 4.29. The van der Waals surface area contributed by atoms with Crippen LogP contribution in [0.5, 0.6) is 0 Å². The topological polar surface area (TPSA) is 41.6 Å². The normalized spacial score (nSPS) is 12.8. The lowest BCUT2D eigenvalue weighted by Crippen LogP contribution is -2.09. The van der Waals surface area contributed by atoms with E-state index >= 15 is 0 Å². The van der Waals surface area contributed by atoms with Crippen molar-refractivity contribution in [2.75, 3.05) is 4.90 Å². The monoisotopic (exact) mass is 660 g/mol. The fourth-order valence-corrected chi connectivity index (χ4v) is 8.83. The minimum absolute atomic E-state index is 0.865. The number of thiophene rings is 1. The third-order valence-electron chi connectivity index (χ3n) is 10.1. The van der Waals surface area contributed by atoms with Crippen LogP contribution in [-0.2, 0) is 6.54 Å². The van der Waals surface area contributed by atoms with E-state index in [4.69, 9.17) is 8.83 Å². The van der Waals surface area contributed by atoms with Crippen molar-refractivity contribution in [3.63, 3.8) is 0 Å². The van der Waals surface area contributed by atoms with Crippen molar-refractivity contribution in [3.05, 3.63) is 157 Å². The Labute approximate surface area is 291 Å². The van der Waals surface area contributed by atoms with Gasteiger partial charge < -0.3 is 19.1 Å². The van der Waals surface area contributed by atoms with Crippen molar-refractivity contribution >= 4 is 98.5 Å². The summed E-state index contributed by atoms with van der Waals surface area (Å²) in [5, 5.41) is 10.4. The predicted octanol–water partition coefficient (Wildman–Crippen LogP) is 13.1. The van der Waals surface area contributed by atoms with E-state index in [1.54, 1.807) is 0 Å². The molecule has 0 saturated carbocycles. The fraction of sp³-hybridized carbons (Fsp3) is 0.0222. The van der Waals surface area contributed by atoms with Crippen LogP contribution in [0.25, 0.3) is 81.3 Å². The Balaban J connectivity index is 1.06. The number of para-hydroxylation sites is 2. The molecule has 0 spiro atoms. The molecule has 1 aliphatic heterocycles. The summed E-state index contributed by atoms with van der Waals surface area (Å²) >= 11 is 1.87. The Hall–Kier alpha value is -6.30. The lowest BCUT2D eigenvalue weighted by atomic mass is 9.97. The molecule has 0 radical (unpaired) electrons. The molecule has 1 N–H and O–H groups in total. The van der Waals surface area contributed by atoms with E-state index in [1.807, 2.05) is 35.6 Å². The molecular formula is C45H28N2O2S. The fourth-order valence-electron chi connectivity index (χ4n) is 7.73. The zero-order valence-electron chi connectivity index (χ0n) is 26.8. The van der Waals surface area contributed by atoms with E-state index in [9.17, 15) is 0 Å². The molecule has 0 bridgehead atoms. The summed E-state index contributed by atoms with van der Waals surface area (Å²) < 4.78 is 15.1. The molecular weight excluding hydrogens is 633 g/mol. The van der Waals surface area contributed by atoms with Crippen molar-refractivity contribution < 1.29 is 8.83 Å². The van der Waals surface area contributed by atoms with Gasteiger partial charge in [-0.25, -0.2) is 0 Å². The molecule has 10 aromatic rings. The number of nitrogens with zero attached hydrogens (tertiary/aromatic N) is 1. The molecule has 7 aromatic carbocycles. The summed E-state index contributed by atoms with van der Waals surface area (Å²) in [6.45, 7) is 0.865. The van der Waals surface area contributed by atoms with Crippen molar-refractivity contribution in [2.45, 2.75) is 6.54 Å². The Morgan fingerprint density at radius 1 is 0.500 bits per heavy atom. The highest BCUT2D eigenvalue weighted by atomic mass is 32.1. The number of furan rings is 2. The van der Waals surface area contributed by atoms with Gasteiger partial charge in [-0.3, -0.25) is 0 Å². The first-order chi connectivity index (χ1) is 24.7. The molecule has 3 aromatic heterocycles. The van der Waals surface area contributed by atoms with Gasteiger partial charge in [0, 0.05) is 65.3 Å². The number of benzene rings is 7. The first-order valence-corrected chi connectivity index (χ1v) is 17.7. The molecule has 0 saturated heterocycles. The predicted molar refractivity (Wildman–Crippen MR) is 210 cm³/mol. The van der Waals surface area contributed by atoms with Crippen molar-refractivity contribution in [1.82, 2.24) is 5.32 Å². The third kappa shape index (κ3) is 4.17. The van der Waals surface area contributed by atoms with Crippen LogP contribution >= 0.6 is 11.3 Å². The molecule has 50 heavy (non-hydrogen) atoms. The summed E-state index contributed by atoms with van der Waals surface area (Å²) in [5.41, 5.74) is 11.8. The van der Waals surface area contributed by atoms with Crippen LogP contribution in [0.4, 0.5) is 17.1 Å². The molecule has 0 amide bonds. The molecule has 4 heterocycles. The van der Waals surface area contributed by atoms with E-state index in [0.29, 0.717) is 0 Å². The zero-order valence-corrected chi connectivity index (χ0v) is 27.6. The van der Waals surface area contributed by atoms with Crippen LogP contribution in [0.1, 0.15) is 11.1 Å². The molecule has 0 atom stereocenters. The molecule has 236 valence electrons. The van der Waals surface area contributed by atoms with E-state index in [0.717, 1.165) is 67.5 Å². The van der Waals surface area contributed by atoms with Gasteiger partial charge in [0.15, 0.2) is 0 Å². The van der Waals surface area contributed by atoms with Gasteiger partial charge >= 0.3 is 0 Å². The van der Waals surface area contributed by atoms with E-state index in [-0.39, 0.29) is 0 Å². The molecule has 1 aliphatic rings. The van der Waals surface area contributed by atoms with Gasteiger partial charge in [0.2, 0.25) is 0 Å². The first kappa shape index (κ1) is 27.6. The van der Waals surface area contributed by atoms with Gasteiger partial charge in [0.25, 0.3) is 0 Å². The summed E-state index contributed by atoms with van der Waals surface area (Å²) in [7, 11) is 0. The maximum atomic E-state index is 6.20.